The molecule has 6 nitrogen and oxygen atoms in total. The van der Waals surface area contributed by atoms with Crippen molar-refractivity contribution in [2.24, 2.45) is 0 Å². The normalized spacial score (nSPS) is 26.7. The van der Waals surface area contributed by atoms with Crippen molar-refractivity contribution >= 4 is 5.97 Å². The van der Waals surface area contributed by atoms with Crippen molar-refractivity contribution in [3.63, 3.8) is 0 Å². The molecular weight excluding hydrogens is 436 g/mol. The van der Waals surface area contributed by atoms with Crippen molar-refractivity contribution in [2.75, 3.05) is 26.4 Å². The van der Waals surface area contributed by atoms with Gasteiger partial charge in [-0.3, -0.25) is 0 Å². The largest absolute Gasteiger partial charge is 1.00 e. The standard InChI is InChI=1S/C16H25F6NO5.ClH/c1-10-13(27-7-3-5-16(20,21)22)12(26-6-2-4-15(17,18)19)9-25-8-11(23)14(24)28-10;/h10-13H,2-9,23H2,1H3;1H/t10-,11-,12-,13-;/m0./s1. The zero-order chi connectivity index (χ0) is 21.4. The van der Waals surface area contributed by atoms with Crippen LogP contribution in [-0.4, -0.2) is 69.1 Å². The summed E-state index contributed by atoms with van der Waals surface area (Å²) in [5, 5.41) is 0. The van der Waals surface area contributed by atoms with E-state index in [1.807, 2.05) is 0 Å². The number of halogens is 7. The number of esters is 1. The van der Waals surface area contributed by atoms with Gasteiger partial charge in [0.2, 0.25) is 6.04 Å². The summed E-state index contributed by atoms with van der Waals surface area (Å²) in [6, 6.07) is -0.822. The molecule has 0 aromatic rings. The maximum Gasteiger partial charge on any atom is 0.389 e. The Morgan fingerprint density at radius 2 is 1.52 bits per heavy atom. The van der Waals surface area contributed by atoms with Crippen molar-refractivity contribution < 1.29 is 68.2 Å². The number of ether oxygens (including phenoxy) is 4. The first-order chi connectivity index (χ1) is 12.9. The molecule has 0 aliphatic carbocycles. The minimum absolute atomic E-state index is 0. The fourth-order valence-electron chi connectivity index (χ4n) is 2.52. The molecule has 0 radical (unpaired) electrons. The number of carbonyl (C=O) groups is 1. The predicted molar refractivity (Wildman–Crippen MR) is 83.1 cm³/mol. The summed E-state index contributed by atoms with van der Waals surface area (Å²) in [6.45, 7) is 0.709. The molecule has 1 fully saturated rings. The lowest BCUT2D eigenvalue weighted by atomic mass is 10.1. The molecule has 0 bridgehead atoms. The van der Waals surface area contributed by atoms with E-state index in [4.69, 9.17) is 18.9 Å². The van der Waals surface area contributed by atoms with Gasteiger partial charge in [0.25, 0.3) is 0 Å². The Hall–Kier alpha value is -0.820. The fraction of sp³-hybridized carbons (Fsp3) is 0.938. The Bertz CT molecular complexity index is 480. The first kappa shape index (κ1) is 28.2. The maximum atomic E-state index is 12.3. The number of hydrogen-bond donors (Lipinski definition) is 1. The van der Waals surface area contributed by atoms with E-state index >= 15 is 0 Å². The minimum Gasteiger partial charge on any atom is -1.00 e. The van der Waals surface area contributed by atoms with Crippen LogP contribution in [0, 0.1) is 0 Å². The van der Waals surface area contributed by atoms with E-state index in [9.17, 15) is 31.1 Å². The van der Waals surface area contributed by atoms with Gasteiger partial charge in [0, 0.05) is 26.1 Å². The molecular formula is C16H26ClF6NO5. The lowest BCUT2D eigenvalue weighted by Crippen LogP contribution is -3.00. The van der Waals surface area contributed by atoms with E-state index in [1.54, 1.807) is 0 Å². The Kier molecular flexibility index (Phi) is 12.4. The summed E-state index contributed by atoms with van der Waals surface area (Å²) in [5.41, 5.74) is 3.58. The SMILES string of the molecule is C[C@@H]1OC(=O)[C@@H]([NH3+])COC[C@H](OCCCC(F)(F)F)[C@H]1OCCCC(F)(F)F.[Cl-]. The van der Waals surface area contributed by atoms with E-state index in [0.717, 1.165) is 0 Å². The van der Waals surface area contributed by atoms with Crippen molar-refractivity contribution in [3.8, 4) is 0 Å². The lowest BCUT2D eigenvalue weighted by molar-refractivity contribution is -0.415. The number of hydrogen-bond acceptors (Lipinski definition) is 5. The predicted octanol–water partition coefficient (Wildman–Crippen LogP) is -0.982. The molecule has 3 N–H and O–H groups in total. The number of rotatable bonds is 8. The van der Waals surface area contributed by atoms with Crippen LogP contribution < -0.4 is 18.1 Å². The van der Waals surface area contributed by atoms with Crippen LogP contribution in [0.3, 0.4) is 0 Å². The van der Waals surface area contributed by atoms with Gasteiger partial charge in [-0.2, -0.15) is 26.3 Å². The highest BCUT2D eigenvalue weighted by Gasteiger charge is 2.36. The molecule has 1 aliphatic rings. The van der Waals surface area contributed by atoms with E-state index in [-0.39, 0.29) is 51.7 Å². The molecule has 1 heterocycles. The fourth-order valence-corrected chi connectivity index (χ4v) is 2.52. The van der Waals surface area contributed by atoms with E-state index < -0.39 is 55.5 Å². The number of cyclic esters (lactones) is 1. The second-order valence-electron chi connectivity index (χ2n) is 6.56. The third kappa shape index (κ3) is 12.5. The van der Waals surface area contributed by atoms with Gasteiger partial charge >= 0.3 is 18.3 Å². The zero-order valence-electron chi connectivity index (χ0n) is 15.9. The van der Waals surface area contributed by atoms with Crippen molar-refractivity contribution in [1.29, 1.82) is 0 Å². The Labute approximate surface area is 170 Å². The maximum absolute atomic E-state index is 12.3. The second-order valence-corrected chi connectivity index (χ2v) is 6.56. The van der Waals surface area contributed by atoms with Crippen LogP contribution >= 0.6 is 0 Å². The Balaban J connectivity index is 0.00000784. The van der Waals surface area contributed by atoms with Crippen LogP contribution in [0.4, 0.5) is 26.3 Å². The Morgan fingerprint density at radius 1 is 1.00 bits per heavy atom. The average Bonchev–Trinajstić information content (AvgIpc) is 2.58. The molecule has 1 rings (SSSR count). The Morgan fingerprint density at radius 3 is 2.03 bits per heavy atom. The van der Waals surface area contributed by atoms with Gasteiger partial charge in [-0.05, 0) is 19.8 Å². The topological polar surface area (TPSA) is 81.6 Å². The van der Waals surface area contributed by atoms with E-state index in [1.165, 1.54) is 6.92 Å². The molecule has 29 heavy (non-hydrogen) atoms. The third-order valence-corrected chi connectivity index (χ3v) is 3.92. The average molecular weight is 462 g/mol. The third-order valence-electron chi connectivity index (χ3n) is 3.92. The van der Waals surface area contributed by atoms with Gasteiger partial charge in [-0.25, -0.2) is 4.79 Å². The van der Waals surface area contributed by atoms with Crippen LogP contribution in [0.15, 0.2) is 0 Å². The molecule has 174 valence electrons. The van der Waals surface area contributed by atoms with Gasteiger partial charge < -0.3 is 37.1 Å². The smallest absolute Gasteiger partial charge is 0.389 e. The molecule has 0 aromatic heterocycles. The van der Waals surface area contributed by atoms with Gasteiger partial charge in [0.05, 0.1) is 6.61 Å². The zero-order valence-corrected chi connectivity index (χ0v) is 16.6. The molecule has 0 saturated carbocycles. The summed E-state index contributed by atoms with van der Waals surface area (Å²) in [5.74, 6) is -0.672. The molecule has 1 aliphatic heterocycles. The molecule has 0 unspecified atom stereocenters. The van der Waals surface area contributed by atoms with E-state index in [0.29, 0.717) is 0 Å². The van der Waals surface area contributed by atoms with Crippen LogP contribution in [0.1, 0.15) is 32.6 Å². The monoisotopic (exact) mass is 461 g/mol. The first-order valence-corrected chi connectivity index (χ1v) is 8.87. The summed E-state index contributed by atoms with van der Waals surface area (Å²) in [7, 11) is 0. The van der Waals surface area contributed by atoms with Crippen LogP contribution in [-0.2, 0) is 23.7 Å². The minimum atomic E-state index is -4.34. The highest BCUT2D eigenvalue weighted by Crippen LogP contribution is 2.24. The van der Waals surface area contributed by atoms with Crippen molar-refractivity contribution in [3.05, 3.63) is 0 Å². The van der Waals surface area contributed by atoms with Gasteiger partial charge in [0.1, 0.15) is 24.9 Å². The summed E-state index contributed by atoms with van der Waals surface area (Å²) >= 11 is 0. The lowest BCUT2D eigenvalue weighted by Gasteiger charge is -2.30. The van der Waals surface area contributed by atoms with Gasteiger partial charge in [-0.1, -0.05) is 0 Å². The second kappa shape index (κ2) is 12.8. The van der Waals surface area contributed by atoms with Crippen LogP contribution in [0.25, 0.3) is 0 Å². The molecule has 0 spiro atoms. The molecule has 13 heteroatoms. The number of carbonyl (C=O) groups excluding carboxylic acids is 1. The number of alkyl halides is 6. The highest BCUT2D eigenvalue weighted by molar-refractivity contribution is 5.74. The number of quaternary nitrogens is 1. The molecule has 0 aromatic carbocycles. The van der Waals surface area contributed by atoms with Crippen molar-refractivity contribution in [1.82, 2.24) is 0 Å². The summed E-state index contributed by atoms with van der Waals surface area (Å²) in [6.07, 6.45) is -14.2. The highest BCUT2D eigenvalue weighted by atomic mass is 35.5. The van der Waals surface area contributed by atoms with Crippen molar-refractivity contribution in [2.45, 2.75) is 69.3 Å². The van der Waals surface area contributed by atoms with Gasteiger partial charge in [0.15, 0.2) is 0 Å². The summed E-state index contributed by atoms with van der Waals surface area (Å²) < 4.78 is 95.0. The quantitative estimate of drug-likeness (QED) is 0.285. The van der Waals surface area contributed by atoms with Crippen LogP contribution in [0.5, 0.6) is 0 Å². The summed E-state index contributed by atoms with van der Waals surface area (Å²) in [4.78, 5) is 11.9. The first-order valence-electron chi connectivity index (χ1n) is 8.87. The molecule has 0 amide bonds. The van der Waals surface area contributed by atoms with Crippen LogP contribution in [0.2, 0.25) is 0 Å². The molecule has 4 atom stereocenters. The van der Waals surface area contributed by atoms with E-state index in [2.05, 4.69) is 5.73 Å². The molecule has 1 saturated heterocycles. The van der Waals surface area contributed by atoms with Gasteiger partial charge in [-0.15, -0.1) is 0 Å².